The Morgan fingerprint density at radius 1 is 1.29 bits per heavy atom. The van der Waals surface area contributed by atoms with Gasteiger partial charge in [0.25, 0.3) is 0 Å². The maximum atomic E-state index is 12.3. The van der Waals surface area contributed by atoms with Crippen molar-refractivity contribution in [3.63, 3.8) is 0 Å². The first-order valence-corrected chi connectivity index (χ1v) is 8.05. The Labute approximate surface area is 103 Å². The fourth-order valence-electron chi connectivity index (χ4n) is 2.82. The zero-order valence-corrected chi connectivity index (χ0v) is 11.0. The molecular formula is C11H22N2O3S. The number of hydrogen-bond acceptors (Lipinski definition) is 4. The highest BCUT2D eigenvalue weighted by Gasteiger charge is 2.35. The van der Waals surface area contributed by atoms with Gasteiger partial charge in [0.2, 0.25) is 10.0 Å². The molecule has 0 aromatic carbocycles. The summed E-state index contributed by atoms with van der Waals surface area (Å²) in [5.74, 6) is 0.463. The number of rotatable bonds is 4. The Morgan fingerprint density at radius 2 is 2.12 bits per heavy atom. The molecule has 2 fully saturated rings. The van der Waals surface area contributed by atoms with E-state index in [0.29, 0.717) is 6.54 Å². The van der Waals surface area contributed by atoms with Crippen LogP contribution in [0.15, 0.2) is 0 Å². The molecule has 2 atom stereocenters. The van der Waals surface area contributed by atoms with Gasteiger partial charge in [-0.1, -0.05) is 0 Å². The molecule has 0 bridgehead atoms. The van der Waals surface area contributed by atoms with Crippen molar-refractivity contribution in [2.45, 2.75) is 31.7 Å². The van der Waals surface area contributed by atoms with Crippen LogP contribution in [-0.4, -0.2) is 55.9 Å². The second-order valence-electron chi connectivity index (χ2n) is 5.08. The molecule has 0 radical (unpaired) electrons. The maximum absolute atomic E-state index is 12.3. The van der Waals surface area contributed by atoms with Crippen molar-refractivity contribution in [3.05, 3.63) is 0 Å². The Bertz CT molecular complexity index is 339. The predicted octanol–water partition coefficient (Wildman–Crippen LogP) is -0.227. The highest BCUT2D eigenvalue weighted by Crippen LogP contribution is 2.23. The van der Waals surface area contributed by atoms with Crippen molar-refractivity contribution in [1.29, 1.82) is 0 Å². The summed E-state index contributed by atoms with van der Waals surface area (Å²) < 4.78 is 26.0. The highest BCUT2D eigenvalue weighted by molar-refractivity contribution is 7.89. The second kappa shape index (κ2) is 5.65. The topological polar surface area (TPSA) is 69.6 Å². The molecule has 2 heterocycles. The number of aliphatic hydroxyl groups is 1. The van der Waals surface area contributed by atoms with Crippen LogP contribution in [-0.2, 0) is 10.0 Å². The van der Waals surface area contributed by atoms with Crippen molar-refractivity contribution < 1.29 is 13.5 Å². The monoisotopic (exact) mass is 262 g/mol. The number of nitrogens with one attached hydrogen (secondary N) is 1. The molecule has 0 aromatic heterocycles. The molecule has 2 rings (SSSR count). The van der Waals surface area contributed by atoms with Crippen LogP contribution in [0, 0.1) is 5.92 Å². The molecule has 2 saturated heterocycles. The van der Waals surface area contributed by atoms with Crippen LogP contribution in [0.3, 0.4) is 0 Å². The molecule has 5 nitrogen and oxygen atoms in total. The second-order valence-corrected chi connectivity index (χ2v) is 7.05. The van der Waals surface area contributed by atoms with Gasteiger partial charge >= 0.3 is 0 Å². The number of sulfonamides is 1. The van der Waals surface area contributed by atoms with Crippen LogP contribution in [0.25, 0.3) is 0 Å². The third-order valence-electron chi connectivity index (χ3n) is 3.74. The Balaban J connectivity index is 1.97. The van der Waals surface area contributed by atoms with Crippen LogP contribution in [0.4, 0.5) is 0 Å². The van der Waals surface area contributed by atoms with Gasteiger partial charge in [0.15, 0.2) is 0 Å². The fourth-order valence-corrected chi connectivity index (χ4v) is 4.92. The number of nitrogens with zero attached hydrogens (tertiary/aromatic N) is 1. The Kier molecular flexibility index (Phi) is 4.41. The zero-order valence-electron chi connectivity index (χ0n) is 10.1. The summed E-state index contributed by atoms with van der Waals surface area (Å²) in [6.45, 7) is 2.33. The first kappa shape index (κ1) is 13.3. The van der Waals surface area contributed by atoms with E-state index >= 15 is 0 Å². The van der Waals surface area contributed by atoms with Gasteiger partial charge in [-0.05, 0) is 44.7 Å². The minimum absolute atomic E-state index is 0.0534. The first-order valence-electron chi connectivity index (χ1n) is 6.44. The molecule has 17 heavy (non-hydrogen) atoms. The molecule has 0 spiro atoms. The van der Waals surface area contributed by atoms with Gasteiger partial charge in [0.05, 0.1) is 12.4 Å². The largest absolute Gasteiger partial charge is 0.395 e. The molecule has 6 heteroatoms. The van der Waals surface area contributed by atoms with Crippen molar-refractivity contribution in [3.8, 4) is 0 Å². The van der Waals surface area contributed by atoms with Crippen LogP contribution in [0.5, 0.6) is 0 Å². The van der Waals surface area contributed by atoms with Gasteiger partial charge in [0, 0.05) is 12.6 Å². The Hall–Kier alpha value is -0.170. The summed E-state index contributed by atoms with van der Waals surface area (Å²) in [5, 5.41) is 12.4. The molecule has 0 amide bonds. The van der Waals surface area contributed by atoms with Crippen molar-refractivity contribution in [1.82, 2.24) is 9.62 Å². The van der Waals surface area contributed by atoms with Crippen LogP contribution >= 0.6 is 0 Å². The van der Waals surface area contributed by atoms with Crippen LogP contribution < -0.4 is 5.32 Å². The van der Waals surface area contributed by atoms with Gasteiger partial charge in [-0.2, -0.15) is 4.31 Å². The van der Waals surface area contributed by atoms with Crippen molar-refractivity contribution in [2.24, 2.45) is 5.92 Å². The average Bonchev–Trinajstić information content (AvgIpc) is 2.78. The lowest BCUT2D eigenvalue weighted by Crippen LogP contribution is -2.43. The molecule has 100 valence electrons. The number of piperidine rings is 1. The minimum Gasteiger partial charge on any atom is -0.395 e. The lowest BCUT2D eigenvalue weighted by Gasteiger charge is -2.27. The molecule has 0 aliphatic carbocycles. The van der Waals surface area contributed by atoms with Gasteiger partial charge in [-0.3, -0.25) is 0 Å². The minimum atomic E-state index is -3.19. The number of aliphatic hydroxyl groups excluding tert-OH is 1. The fraction of sp³-hybridized carbons (Fsp3) is 1.00. The van der Waals surface area contributed by atoms with Gasteiger partial charge in [0.1, 0.15) is 0 Å². The summed E-state index contributed by atoms with van der Waals surface area (Å²) in [5.41, 5.74) is 0. The van der Waals surface area contributed by atoms with Gasteiger partial charge < -0.3 is 10.4 Å². The van der Waals surface area contributed by atoms with E-state index in [-0.39, 0.29) is 24.3 Å². The lowest BCUT2D eigenvalue weighted by molar-refractivity contribution is 0.212. The van der Waals surface area contributed by atoms with Gasteiger partial charge in [-0.25, -0.2) is 8.42 Å². The van der Waals surface area contributed by atoms with E-state index in [1.165, 1.54) is 4.31 Å². The molecule has 2 aliphatic heterocycles. The highest BCUT2D eigenvalue weighted by atomic mass is 32.2. The molecule has 0 aromatic rings. The van der Waals surface area contributed by atoms with E-state index in [2.05, 4.69) is 5.32 Å². The molecule has 0 saturated carbocycles. The Morgan fingerprint density at radius 3 is 2.76 bits per heavy atom. The van der Waals surface area contributed by atoms with E-state index in [1.54, 1.807) is 0 Å². The summed E-state index contributed by atoms with van der Waals surface area (Å²) in [4.78, 5) is 0. The quantitative estimate of drug-likeness (QED) is 0.734. The smallest absolute Gasteiger partial charge is 0.214 e. The lowest BCUT2D eigenvalue weighted by atomic mass is 10.0. The molecule has 2 unspecified atom stereocenters. The van der Waals surface area contributed by atoms with Gasteiger partial charge in [-0.15, -0.1) is 0 Å². The van der Waals surface area contributed by atoms with Crippen LogP contribution in [0.1, 0.15) is 25.7 Å². The van der Waals surface area contributed by atoms with E-state index in [1.807, 2.05) is 0 Å². The number of hydrogen-bond donors (Lipinski definition) is 2. The van der Waals surface area contributed by atoms with E-state index in [4.69, 9.17) is 0 Å². The normalized spacial score (nSPS) is 31.8. The summed E-state index contributed by atoms with van der Waals surface area (Å²) in [7, 11) is -3.19. The first-order chi connectivity index (χ1) is 8.13. The molecule has 2 N–H and O–H groups in total. The third kappa shape index (κ3) is 3.19. The van der Waals surface area contributed by atoms with Crippen molar-refractivity contribution in [2.75, 3.05) is 32.0 Å². The van der Waals surface area contributed by atoms with E-state index < -0.39 is 10.0 Å². The van der Waals surface area contributed by atoms with Crippen molar-refractivity contribution >= 4 is 10.0 Å². The standard InChI is InChI=1S/C11H22N2O3S/c14-8-11-4-2-6-13(11)17(15,16)9-10-3-1-5-12-7-10/h10-12,14H,1-9H2. The maximum Gasteiger partial charge on any atom is 0.214 e. The predicted molar refractivity (Wildman–Crippen MR) is 66.2 cm³/mol. The molecule has 2 aliphatic rings. The summed E-state index contributed by atoms with van der Waals surface area (Å²) in [6.07, 6.45) is 3.71. The molecular weight excluding hydrogens is 240 g/mol. The third-order valence-corrected chi connectivity index (χ3v) is 5.82. The zero-order chi connectivity index (χ0) is 12.3. The average molecular weight is 262 g/mol. The summed E-state index contributed by atoms with van der Waals surface area (Å²) >= 11 is 0. The summed E-state index contributed by atoms with van der Waals surface area (Å²) in [6, 6.07) is -0.184. The van der Waals surface area contributed by atoms with Crippen LogP contribution in [0.2, 0.25) is 0 Å². The van der Waals surface area contributed by atoms with E-state index in [0.717, 1.165) is 38.8 Å². The van der Waals surface area contributed by atoms with E-state index in [9.17, 15) is 13.5 Å². The SMILES string of the molecule is O=S(=O)(CC1CCCNC1)N1CCCC1CO.